The molecule has 7 nitrogen and oxygen atoms in total. The van der Waals surface area contributed by atoms with Crippen molar-refractivity contribution in [3.8, 4) is 0 Å². The molecule has 0 bridgehead atoms. The van der Waals surface area contributed by atoms with Crippen LogP contribution in [0.15, 0.2) is 53.4 Å². The third-order valence-corrected chi connectivity index (χ3v) is 7.87. The van der Waals surface area contributed by atoms with Crippen molar-refractivity contribution in [2.75, 3.05) is 13.2 Å². The molecule has 0 amide bonds. The minimum Gasteiger partial charge on any atom is -0.463 e. The number of hydrogen-bond donors (Lipinski definition) is 2. The van der Waals surface area contributed by atoms with Gasteiger partial charge in [-0.25, -0.2) is 4.79 Å². The molecule has 0 aromatic heterocycles. The van der Waals surface area contributed by atoms with Crippen LogP contribution < -0.4 is 11.1 Å². The summed E-state index contributed by atoms with van der Waals surface area (Å²) >= 11 is 0. The summed E-state index contributed by atoms with van der Waals surface area (Å²) in [6, 6.07) is 5.35. The van der Waals surface area contributed by atoms with E-state index in [0.29, 0.717) is 36.3 Å². The summed E-state index contributed by atoms with van der Waals surface area (Å²) in [5, 5.41) is 3.07. The van der Waals surface area contributed by atoms with E-state index in [1.165, 1.54) is 0 Å². The second kappa shape index (κ2) is 11.9. The average molecular weight is 535 g/mol. The summed E-state index contributed by atoms with van der Waals surface area (Å²) in [6.07, 6.45) is 12.0. The van der Waals surface area contributed by atoms with Crippen molar-refractivity contribution < 1.29 is 23.9 Å². The van der Waals surface area contributed by atoms with E-state index < -0.39 is 23.0 Å². The van der Waals surface area contributed by atoms with Gasteiger partial charge < -0.3 is 20.5 Å². The van der Waals surface area contributed by atoms with Crippen molar-refractivity contribution in [2.24, 2.45) is 11.7 Å². The predicted octanol–water partition coefficient (Wildman–Crippen LogP) is 5.34. The molecule has 7 heteroatoms. The Balaban J connectivity index is 1.60. The van der Waals surface area contributed by atoms with Crippen LogP contribution in [0.3, 0.4) is 0 Å². The standard InChI is InChI=1S/C32H42N2O5/c1-5-6-7-8-18-38-30(37)32-29(36)27-24(19-21(2)3)10-9-11-25(27)28(35)31(32,39-32)16-14-22(4)12-13-23-15-17-34-26(33)20-23/h9-11,14-15,20-21,34H,5-8,12-13,16-19,33H2,1-4H3/b22-14+/t31-,32-/m0/s1. The second-order valence-corrected chi connectivity index (χ2v) is 11.4. The first-order chi connectivity index (χ1) is 18.7. The number of dihydropyridines is 1. The van der Waals surface area contributed by atoms with E-state index in [1.54, 1.807) is 6.07 Å². The Morgan fingerprint density at radius 3 is 2.72 bits per heavy atom. The Morgan fingerprint density at radius 2 is 2.00 bits per heavy atom. The van der Waals surface area contributed by atoms with Gasteiger partial charge in [-0.05, 0) is 55.7 Å². The van der Waals surface area contributed by atoms with E-state index in [1.807, 2.05) is 31.2 Å². The minimum atomic E-state index is -1.92. The summed E-state index contributed by atoms with van der Waals surface area (Å²) in [7, 11) is 0. The van der Waals surface area contributed by atoms with E-state index >= 15 is 0 Å². The number of nitrogens with one attached hydrogen (secondary N) is 1. The van der Waals surface area contributed by atoms with Gasteiger partial charge in [-0.15, -0.1) is 0 Å². The molecular formula is C32H42N2O5. The van der Waals surface area contributed by atoms with Crippen molar-refractivity contribution in [1.82, 2.24) is 5.32 Å². The smallest absolute Gasteiger partial charge is 0.350 e. The first-order valence-electron chi connectivity index (χ1n) is 14.3. The first kappa shape index (κ1) is 28.8. The molecule has 1 fully saturated rings. The summed E-state index contributed by atoms with van der Waals surface area (Å²) in [5.74, 6) is -0.573. The Bertz CT molecular complexity index is 1230. The number of rotatable bonds is 13. The molecule has 1 aliphatic carbocycles. The van der Waals surface area contributed by atoms with Crippen LogP contribution in [-0.2, 0) is 20.7 Å². The molecule has 2 heterocycles. The maximum atomic E-state index is 14.1. The molecule has 2 atom stereocenters. The molecule has 0 radical (unpaired) electrons. The molecule has 210 valence electrons. The molecule has 2 aliphatic heterocycles. The number of ketones is 2. The third-order valence-electron chi connectivity index (χ3n) is 7.87. The molecule has 3 aliphatic rings. The van der Waals surface area contributed by atoms with Crippen LogP contribution in [0.5, 0.6) is 0 Å². The summed E-state index contributed by atoms with van der Waals surface area (Å²) in [5.41, 5.74) is 6.03. The van der Waals surface area contributed by atoms with Gasteiger partial charge in [-0.2, -0.15) is 0 Å². The number of carbonyl (C=O) groups is 3. The molecule has 1 saturated heterocycles. The van der Waals surface area contributed by atoms with Crippen LogP contribution in [0.2, 0.25) is 0 Å². The van der Waals surface area contributed by atoms with Gasteiger partial charge in [-0.3, -0.25) is 9.59 Å². The van der Waals surface area contributed by atoms with Crippen molar-refractivity contribution >= 4 is 17.5 Å². The second-order valence-electron chi connectivity index (χ2n) is 11.4. The fraction of sp³-hybridized carbons (Fsp3) is 0.531. The fourth-order valence-electron chi connectivity index (χ4n) is 5.65. The highest BCUT2D eigenvalue weighted by atomic mass is 16.7. The van der Waals surface area contributed by atoms with Gasteiger partial charge in [0.05, 0.1) is 12.4 Å². The zero-order valence-electron chi connectivity index (χ0n) is 23.7. The van der Waals surface area contributed by atoms with E-state index in [9.17, 15) is 14.4 Å². The van der Waals surface area contributed by atoms with Crippen LogP contribution in [0.4, 0.5) is 0 Å². The number of ether oxygens (including phenoxy) is 2. The number of hydrogen-bond acceptors (Lipinski definition) is 7. The number of unbranched alkanes of at least 4 members (excludes halogenated alkanes) is 3. The number of allylic oxidation sites excluding steroid dienone is 3. The van der Waals surface area contributed by atoms with Crippen molar-refractivity contribution in [2.45, 2.75) is 90.3 Å². The van der Waals surface area contributed by atoms with E-state index in [2.05, 4.69) is 32.2 Å². The highest BCUT2D eigenvalue weighted by molar-refractivity contribution is 6.33. The summed E-state index contributed by atoms with van der Waals surface area (Å²) in [6.45, 7) is 9.13. The Labute approximate surface area is 231 Å². The van der Waals surface area contributed by atoms with Crippen LogP contribution in [0.25, 0.3) is 0 Å². The molecule has 1 aromatic rings. The predicted molar refractivity (Wildman–Crippen MR) is 151 cm³/mol. The zero-order chi connectivity index (χ0) is 28.2. The number of carbonyl (C=O) groups excluding carboxylic acids is 3. The number of esters is 1. The minimum absolute atomic E-state index is 0.140. The summed E-state index contributed by atoms with van der Waals surface area (Å²) in [4.78, 5) is 41.6. The van der Waals surface area contributed by atoms with E-state index in [4.69, 9.17) is 15.2 Å². The van der Waals surface area contributed by atoms with Crippen molar-refractivity contribution in [1.29, 1.82) is 0 Å². The van der Waals surface area contributed by atoms with Crippen LogP contribution in [0.1, 0.15) is 98.9 Å². The van der Waals surface area contributed by atoms with E-state index in [-0.39, 0.29) is 24.7 Å². The highest BCUT2D eigenvalue weighted by Crippen LogP contribution is 2.59. The Kier molecular flexibility index (Phi) is 8.80. The molecule has 0 spiro atoms. The molecule has 4 rings (SSSR count). The van der Waals surface area contributed by atoms with Gasteiger partial charge in [0.25, 0.3) is 5.60 Å². The lowest BCUT2D eigenvalue weighted by molar-refractivity contribution is -0.148. The maximum absolute atomic E-state index is 14.1. The number of Topliss-reactive ketones (excluding diaryl/α,β-unsaturated/α-hetero) is 2. The number of nitrogens with two attached hydrogens (primary N) is 1. The monoisotopic (exact) mass is 534 g/mol. The van der Waals surface area contributed by atoms with Gasteiger partial charge in [0.15, 0.2) is 11.4 Å². The molecule has 1 aromatic carbocycles. The Hall–Kier alpha value is -3.19. The topological polar surface area (TPSA) is 111 Å². The number of benzene rings is 1. The third kappa shape index (κ3) is 5.60. The molecular weight excluding hydrogens is 492 g/mol. The highest BCUT2D eigenvalue weighted by Gasteiger charge is 2.85. The van der Waals surface area contributed by atoms with Gasteiger partial charge in [-0.1, -0.05) is 76.0 Å². The van der Waals surface area contributed by atoms with Gasteiger partial charge >= 0.3 is 5.97 Å². The lowest BCUT2D eigenvalue weighted by Crippen LogP contribution is -2.51. The molecule has 0 saturated carbocycles. The Morgan fingerprint density at radius 1 is 1.21 bits per heavy atom. The lowest BCUT2D eigenvalue weighted by Gasteiger charge is -2.25. The molecule has 39 heavy (non-hydrogen) atoms. The summed E-state index contributed by atoms with van der Waals surface area (Å²) < 4.78 is 11.7. The average Bonchev–Trinajstić information content (AvgIpc) is 3.61. The van der Waals surface area contributed by atoms with Crippen LogP contribution in [-0.4, -0.2) is 41.9 Å². The zero-order valence-corrected chi connectivity index (χ0v) is 23.7. The van der Waals surface area contributed by atoms with Crippen LogP contribution >= 0.6 is 0 Å². The number of fused-ring (bicyclic) bond motifs is 2. The normalized spacial score (nSPS) is 24.0. The lowest BCUT2D eigenvalue weighted by atomic mass is 9.70. The molecule has 3 N–H and O–H groups in total. The first-order valence-corrected chi connectivity index (χ1v) is 14.3. The number of epoxide rings is 1. The maximum Gasteiger partial charge on any atom is 0.350 e. The van der Waals surface area contributed by atoms with Gasteiger partial charge in [0.1, 0.15) is 0 Å². The quantitative estimate of drug-likeness (QED) is 0.115. The fourth-order valence-corrected chi connectivity index (χ4v) is 5.65. The van der Waals surface area contributed by atoms with Crippen molar-refractivity contribution in [3.63, 3.8) is 0 Å². The largest absolute Gasteiger partial charge is 0.463 e. The van der Waals surface area contributed by atoms with Crippen LogP contribution in [0, 0.1) is 5.92 Å². The molecule has 0 unspecified atom stereocenters. The van der Waals surface area contributed by atoms with Gasteiger partial charge in [0.2, 0.25) is 5.78 Å². The van der Waals surface area contributed by atoms with E-state index in [0.717, 1.165) is 48.8 Å². The van der Waals surface area contributed by atoms with Gasteiger partial charge in [0, 0.05) is 24.1 Å². The van der Waals surface area contributed by atoms with Crippen molar-refractivity contribution in [3.05, 3.63) is 70.1 Å². The SMILES string of the molecule is CCCCCCOC(=O)[C@]12O[C@@]1(C/C=C(\C)CCC1=CCNC(N)=C1)C(=O)c1cccc(CC(C)C)c1C2=O.